The van der Waals surface area contributed by atoms with E-state index in [0.717, 1.165) is 42.7 Å². The van der Waals surface area contributed by atoms with E-state index in [2.05, 4.69) is 26.8 Å². The van der Waals surface area contributed by atoms with E-state index in [9.17, 15) is 9.59 Å². The van der Waals surface area contributed by atoms with E-state index < -0.39 is 11.9 Å². The first kappa shape index (κ1) is 37.7. The summed E-state index contributed by atoms with van der Waals surface area (Å²) in [6, 6.07) is 21.6. The van der Waals surface area contributed by atoms with E-state index >= 15 is 0 Å². The maximum absolute atomic E-state index is 12.8. The van der Waals surface area contributed by atoms with Crippen molar-refractivity contribution in [2.45, 2.75) is 105 Å². The molecule has 235 valence electrons. The molecule has 0 aromatic heterocycles. The molecule has 0 bridgehead atoms. The van der Waals surface area contributed by atoms with Crippen molar-refractivity contribution in [3.8, 4) is 22.6 Å². The molecule has 1 atom stereocenters. The van der Waals surface area contributed by atoms with Crippen LogP contribution in [-0.2, 0) is 37.4 Å². The Kier molecular flexibility index (Phi) is 17.6. The van der Waals surface area contributed by atoms with E-state index in [0.29, 0.717) is 28.4 Å². The zero-order valence-corrected chi connectivity index (χ0v) is 30.2. The minimum Gasteiger partial charge on any atom is -0.502 e. The zero-order chi connectivity index (χ0) is 31.0. The smallest absolute Gasteiger partial charge is 0.334 e. The van der Waals surface area contributed by atoms with Crippen molar-refractivity contribution in [3.63, 3.8) is 0 Å². The van der Waals surface area contributed by atoms with Crippen LogP contribution in [0.2, 0.25) is 0 Å². The molecule has 1 radical (unpaired) electrons. The van der Waals surface area contributed by atoms with Crippen LogP contribution in [0.3, 0.4) is 0 Å². The minimum atomic E-state index is -0.467. The molecule has 44 heavy (non-hydrogen) atoms. The van der Waals surface area contributed by atoms with Crippen LogP contribution in [-0.4, -0.2) is 24.6 Å². The van der Waals surface area contributed by atoms with Gasteiger partial charge in [-0.1, -0.05) is 108 Å². The van der Waals surface area contributed by atoms with Gasteiger partial charge in [0.25, 0.3) is 0 Å². The van der Waals surface area contributed by atoms with Gasteiger partial charge in [-0.3, -0.25) is 0 Å². The fourth-order valence-corrected chi connectivity index (χ4v) is 5.23. The summed E-state index contributed by atoms with van der Waals surface area (Å²) < 4.78 is 17.2. The van der Waals surface area contributed by atoms with Crippen LogP contribution in [0, 0.1) is 18.9 Å². The Balaban J connectivity index is 0.00000675. The Morgan fingerprint density at radius 1 is 0.727 bits per heavy atom. The van der Waals surface area contributed by atoms with Crippen molar-refractivity contribution in [3.05, 3.63) is 83.4 Å². The summed E-state index contributed by atoms with van der Waals surface area (Å²) in [7, 11) is 0. The van der Waals surface area contributed by atoms with Gasteiger partial charge in [-0.2, -0.15) is 0 Å². The second kappa shape index (κ2) is 20.5. The Morgan fingerprint density at radius 2 is 1.30 bits per heavy atom. The summed E-state index contributed by atoms with van der Waals surface area (Å²) in [5.41, 5.74) is 3.38. The molecule has 0 fully saturated rings. The van der Waals surface area contributed by atoms with Gasteiger partial charge in [-0.25, -0.2) is 4.79 Å². The minimum absolute atomic E-state index is 0. The molecular formula is C38H49O5Y-. The number of unbranched alkanes of at least 4 members (excludes halogenated alkanes) is 7. The third kappa shape index (κ3) is 12.1. The first-order chi connectivity index (χ1) is 20.9. The molecule has 0 heterocycles. The van der Waals surface area contributed by atoms with Crippen LogP contribution in [0.25, 0.3) is 11.1 Å². The summed E-state index contributed by atoms with van der Waals surface area (Å²) in [6.07, 6.45) is 12.0. The number of carbonyl (C=O) groups is 2. The van der Waals surface area contributed by atoms with Crippen molar-refractivity contribution < 1.29 is 56.5 Å². The van der Waals surface area contributed by atoms with E-state index in [-0.39, 0.29) is 38.8 Å². The van der Waals surface area contributed by atoms with Crippen LogP contribution in [0.1, 0.15) is 118 Å². The average Bonchev–Trinajstić information content (AvgIpc) is 3.02. The molecule has 0 amide bonds. The molecular weight excluding hydrogens is 625 g/mol. The van der Waals surface area contributed by atoms with Crippen LogP contribution in [0.15, 0.2) is 60.7 Å². The normalized spacial score (nSPS) is 11.5. The van der Waals surface area contributed by atoms with Gasteiger partial charge in [0.05, 0.1) is 18.3 Å². The topological polar surface area (TPSA) is 61.8 Å². The predicted molar refractivity (Wildman–Crippen MR) is 174 cm³/mol. The predicted octanol–water partition coefficient (Wildman–Crippen LogP) is 10.2. The molecule has 3 aromatic rings. The van der Waals surface area contributed by atoms with Crippen LogP contribution in [0.5, 0.6) is 11.5 Å². The maximum Gasteiger partial charge on any atom is 0.334 e. The average molecular weight is 675 g/mol. The monoisotopic (exact) mass is 674 g/mol. The molecule has 6 heteroatoms. The summed E-state index contributed by atoms with van der Waals surface area (Å²) in [4.78, 5) is 25.5. The van der Waals surface area contributed by atoms with Gasteiger partial charge in [-0.05, 0) is 67.5 Å². The molecule has 0 saturated heterocycles. The van der Waals surface area contributed by atoms with Crippen molar-refractivity contribution >= 4 is 11.9 Å². The number of esters is 2. The van der Waals surface area contributed by atoms with Gasteiger partial charge in [0, 0.05) is 38.5 Å². The molecule has 1 unspecified atom stereocenters. The molecule has 0 N–H and O–H groups in total. The first-order valence-corrected chi connectivity index (χ1v) is 16.2. The Labute approximate surface area is 290 Å². The van der Waals surface area contributed by atoms with E-state index in [4.69, 9.17) is 14.2 Å². The SMILES string of the molecule is CCCCCCCCCCOc1ccc(-c2ccc(C(=O)Oc3ccc(C(=O)OC(C)C(CC)CC)[c-]c3C)cc2)cc1.[Y]. The van der Waals surface area contributed by atoms with E-state index in [1.807, 2.05) is 43.3 Å². The molecule has 0 aliphatic heterocycles. The summed E-state index contributed by atoms with van der Waals surface area (Å²) in [5, 5.41) is 0. The number of aryl methyl sites for hydroxylation is 1. The van der Waals surface area contributed by atoms with Gasteiger partial charge < -0.3 is 19.0 Å². The van der Waals surface area contributed by atoms with Crippen molar-refractivity contribution in [2.24, 2.45) is 5.92 Å². The van der Waals surface area contributed by atoms with Crippen molar-refractivity contribution in [2.75, 3.05) is 6.61 Å². The van der Waals surface area contributed by atoms with E-state index in [1.165, 1.54) is 44.9 Å². The Bertz CT molecular complexity index is 1270. The maximum atomic E-state index is 12.8. The van der Waals surface area contributed by atoms with Gasteiger partial charge in [0.1, 0.15) is 5.75 Å². The standard InChI is InChI=1S/C38H49O5.Y/c1-6-9-10-11-12-13-14-15-26-41-35-23-20-32(21-24-35)31-16-18-33(19-17-31)37(39)43-36-25-22-34(27-28(36)4)38(40)42-29(5)30(7-2)8-3;/h16-25,29-30H,6-15,26H2,1-5H3;/q-1;. The van der Waals surface area contributed by atoms with E-state index in [1.54, 1.807) is 31.2 Å². The van der Waals surface area contributed by atoms with Gasteiger partial charge in [-0.15, -0.1) is 18.2 Å². The van der Waals surface area contributed by atoms with Gasteiger partial charge >= 0.3 is 5.97 Å². The third-order valence-corrected chi connectivity index (χ3v) is 8.10. The largest absolute Gasteiger partial charge is 0.502 e. The molecule has 0 saturated carbocycles. The Hall–Kier alpha value is -2.50. The third-order valence-electron chi connectivity index (χ3n) is 8.10. The van der Waals surface area contributed by atoms with Crippen LogP contribution in [0.4, 0.5) is 0 Å². The molecule has 5 nitrogen and oxygen atoms in total. The van der Waals surface area contributed by atoms with Gasteiger partial charge in [0.2, 0.25) is 5.97 Å². The molecule has 0 spiro atoms. The second-order valence-electron chi connectivity index (χ2n) is 11.4. The number of carbonyl (C=O) groups excluding carboxylic acids is 2. The number of ether oxygens (including phenoxy) is 3. The summed E-state index contributed by atoms with van der Waals surface area (Å²) in [5.74, 6) is 0.670. The fourth-order valence-electron chi connectivity index (χ4n) is 5.23. The second-order valence-corrected chi connectivity index (χ2v) is 11.4. The molecule has 3 aromatic carbocycles. The number of hydrogen-bond acceptors (Lipinski definition) is 5. The first-order valence-electron chi connectivity index (χ1n) is 16.2. The summed E-state index contributed by atoms with van der Waals surface area (Å²) in [6.45, 7) is 10.9. The van der Waals surface area contributed by atoms with Gasteiger partial charge in [0.15, 0.2) is 0 Å². The Morgan fingerprint density at radius 3 is 1.86 bits per heavy atom. The fraction of sp³-hybridized carbons (Fsp3) is 0.474. The number of hydrogen-bond donors (Lipinski definition) is 0. The number of benzene rings is 3. The van der Waals surface area contributed by atoms with Crippen molar-refractivity contribution in [1.82, 2.24) is 0 Å². The number of rotatable bonds is 18. The van der Waals surface area contributed by atoms with Crippen LogP contribution >= 0.6 is 0 Å². The van der Waals surface area contributed by atoms with Crippen molar-refractivity contribution in [1.29, 1.82) is 0 Å². The molecule has 3 rings (SSSR count). The molecule has 0 aliphatic rings. The molecule has 0 aliphatic carbocycles. The zero-order valence-electron chi connectivity index (χ0n) is 27.3. The summed E-state index contributed by atoms with van der Waals surface area (Å²) >= 11 is 0. The quantitative estimate of drug-likeness (QED) is 0.0582. The van der Waals surface area contributed by atoms with Crippen LogP contribution < -0.4 is 9.47 Å².